The smallest absolute Gasteiger partial charge is 0.265 e. The van der Waals surface area contributed by atoms with Crippen molar-refractivity contribution in [1.29, 1.82) is 0 Å². The van der Waals surface area contributed by atoms with E-state index >= 15 is 0 Å². The minimum atomic E-state index is -0.178. The van der Waals surface area contributed by atoms with Gasteiger partial charge in [-0.3, -0.25) is 4.79 Å². The number of allylic oxidation sites excluding steroid dienone is 1. The highest BCUT2D eigenvalue weighted by atomic mass is 16.2. The van der Waals surface area contributed by atoms with Gasteiger partial charge in [0, 0.05) is 5.41 Å². The van der Waals surface area contributed by atoms with Gasteiger partial charge in [0.1, 0.15) is 0 Å². The fourth-order valence-electron chi connectivity index (χ4n) is 1.50. The average Bonchev–Trinajstić information content (AvgIpc) is 2.27. The molecule has 0 N–H and O–H groups in total. The van der Waals surface area contributed by atoms with Crippen molar-refractivity contribution in [3.8, 4) is 0 Å². The highest BCUT2D eigenvalue weighted by Gasteiger charge is 2.36. The summed E-state index contributed by atoms with van der Waals surface area (Å²) in [6.07, 6.45) is 0. The number of carbonyl (C=O) groups excluding carboxylic acids is 1. The third-order valence-electron chi connectivity index (χ3n) is 2.15. The summed E-state index contributed by atoms with van der Waals surface area (Å²) in [5.74, 6) is -0.178. The van der Waals surface area contributed by atoms with Crippen molar-refractivity contribution in [3.05, 3.63) is 11.3 Å². The Hall–Kier alpha value is -0.990. The van der Waals surface area contributed by atoms with Gasteiger partial charge in [0.25, 0.3) is 5.91 Å². The maximum Gasteiger partial charge on any atom is 0.293 e. The summed E-state index contributed by atoms with van der Waals surface area (Å²) in [4.78, 5) is 11.6. The van der Waals surface area contributed by atoms with Crippen LogP contribution in [0.4, 0.5) is 0 Å². The summed E-state index contributed by atoms with van der Waals surface area (Å²) in [5, 5.41) is 7.63. The Balaban J connectivity index is 3.29. The second-order valence-electron chi connectivity index (χ2n) is 5.73. The second-order valence-corrected chi connectivity index (χ2v) is 5.73. The molecule has 3 nitrogen and oxygen atoms in total. The standard InChI is InChI=1S/C11H18N2O/c1-10(2,3)7-8(11(4,5)6)12-13-9(7)14/h1-6H3. The Bertz CT molecular complexity index is 308. The Morgan fingerprint density at radius 3 is 1.64 bits per heavy atom. The monoisotopic (exact) mass is 194 g/mol. The van der Waals surface area contributed by atoms with Gasteiger partial charge >= 0.3 is 0 Å². The lowest BCUT2D eigenvalue weighted by Crippen LogP contribution is -2.20. The molecule has 14 heavy (non-hydrogen) atoms. The lowest BCUT2D eigenvalue weighted by Gasteiger charge is -2.24. The van der Waals surface area contributed by atoms with E-state index in [1.807, 2.05) is 41.5 Å². The van der Waals surface area contributed by atoms with Gasteiger partial charge in [-0.05, 0) is 5.41 Å². The molecule has 0 saturated carbocycles. The van der Waals surface area contributed by atoms with E-state index in [9.17, 15) is 4.79 Å². The van der Waals surface area contributed by atoms with Crippen molar-refractivity contribution in [2.24, 2.45) is 21.1 Å². The van der Waals surface area contributed by atoms with Crippen LogP contribution in [0.15, 0.2) is 21.5 Å². The van der Waals surface area contributed by atoms with Crippen molar-refractivity contribution >= 4 is 5.91 Å². The molecule has 0 bridgehead atoms. The fourth-order valence-corrected chi connectivity index (χ4v) is 1.50. The van der Waals surface area contributed by atoms with Gasteiger partial charge in [0.2, 0.25) is 0 Å². The lowest BCUT2D eigenvalue weighted by atomic mass is 9.79. The Morgan fingerprint density at radius 1 is 0.857 bits per heavy atom. The van der Waals surface area contributed by atoms with E-state index in [1.165, 1.54) is 0 Å². The molecule has 1 rings (SSSR count). The van der Waals surface area contributed by atoms with Crippen LogP contribution in [0.2, 0.25) is 0 Å². The predicted molar refractivity (Wildman–Crippen MR) is 55.8 cm³/mol. The van der Waals surface area contributed by atoms with Gasteiger partial charge in [-0.25, -0.2) is 0 Å². The molecule has 0 radical (unpaired) electrons. The molecule has 1 amide bonds. The Labute approximate surface area is 85.3 Å². The van der Waals surface area contributed by atoms with Gasteiger partial charge in [0.05, 0.1) is 11.3 Å². The molecule has 0 unspecified atom stereocenters. The van der Waals surface area contributed by atoms with E-state index in [0.29, 0.717) is 0 Å². The maximum absolute atomic E-state index is 11.6. The zero-order valence-corrected chi connectivity index (χ0v) is 9.80. The van der Waals surface area contributed by atoms with Crippen LogP contribution < -0.4 is 0 Å². The largest absolute Gasteiger partial charge is 0.293 e. The SMILES string of the molecule is CC(C)(C)C1=C(C(C)(C)C)C(=O)N=N1. The van der Waals surface area contributed by atoms with Crippen LogP contribution >= 0.6 is 0 Å². The van der Waals surface area contributed by atoms with Crippen molar-refractivity contribution < 1.29 is 4.79 Å². The second kappa shape index (κ2) is 3.01. The maximum atomic E-state index is 11.6. The van der Waals surface area contributed by atoms with Gasteiger partial charge < -0.3 is 0 Å². The average molecular weight is 194 g/mol. The van der Waals surface area contributed by atoms with Crippen molar-refractivity contribution in [2.45, 2.75) is 41.5 Å². The zero-order chi connectivity index (χ0) is 11.1. The first-order chi connectivity index (χ1) is 6.14. The van der Waals surface area contributed by atoms with Crippen molar-refractivity contribution in [2.75, 3.05) is 0 Å². The van der Waals surface area contributed by atoms with Crippen LogP contribution in [0.1, 0.15) is 41.5 Å². The Morgan fingerprint density at radius 2 is 1.36 bits per heavy atom. The number of amides is 1. The zero-order valence-electron chi connectivity index (χ0n) is 9.80. The van der Waals surface area contributed by atoms with E-state index in [1.54, 1.807) is 0 Å². The topological polar surface area (TPSA) is 41.8 Å². The van der Waals surface area contributed by atoms with Crippen LogP contribution in [-0.4, -0.2) is 5.91 Å². The molecule has 1 aliphatic rings. The summed E-state index contributed by atoms with van der Waals surface area (Å²) >= 11 is 0. The summed E-state index contributed by atoms with van der Waals surface area (Å²) in [5.41, 5.74) is 1.29. The highest BCUT2D eigenvalue weighted by Crippen LogP contribution is 2.40. The van der Waals surface area contributed by atoms with Gasteiger partial charge in [-0.2, -0.15) is 5.11 Å². The van der Waals surface area contributed by atoms with E-state index in [2.05, 4.69) is 10.2 Å². The molecular weight excluding hydrogens is 176 g/mol. The summed E-state index contributed by atoms with van der Waals surface area (Å²) in [6.45, 7) is 12.2. The quantitative estimate of drug-likeness (QED) is 0.583. The van der Waals surface area contributed by atoms with E-state index < -0.39 is 0 Å². The van der Waals surface area contributed by atoms with E-state index in [-0.39, 0.29) is 16.7 Å². The molecule has 0 saturated heterocycles. The van der Waals surface area contributed by atoms with Crippen LogP contribution in [0.25, 0.3) is 0 Å². The molecule has 1 aliphatic heterocycles. The molecule has 3 heteroatoms. The first kappa shape index (κ1) is 11.1. The number of nitrogens with zero attached hydrogens (tertiary/aromatic N) is 2. The number of carbonyl (C=O) groups is 1. The fraction of sp³-hybridized carbons (Fsp3) is 0.727. The van der Waals surface area contributed by atoms with E-state index in [4.69, 9.17) is 0 Å². The van der Waals surface area contributed by atoms with Gasteiger partial charge in [0.15, 0.2) is 0 Å². The molecule has 0 spiro atoms. The van der Waals surface area contributed by atoms with Crippen LogP contribution in [0.3, 0.4) is 0 Å². The summed E-state index contributed by atoms with van der Waals surface area (Å²) in [6, 6.07) is 0. The van der Waals surface area contributed by atoms with E-state index in [0.717, 1.165) is 11.3 Å². The minimum absolute atomic E-state index is 0.113. The Kier molecular flexibility index (Phi) is 2.38. The molecule has 0 fully saturated rings. The number of hydrogen-bond acceptors (Lipinski definition) is 2. The molecule has 0 atom stereocenters. The molecule has 0 aliphatic carbocycles. The van der Waals surface area contributed by atoms with Crippen molar-refractivity contribution in [1.82, 2.24) is 0 Å². The third kappa shape index (κ3) is 1.91. The number of azo groups is 1. The lowest BCUT2D eigenvalue weighted by molar-refractivity contribution is -0.115. The van der Waals surface area contributed by atoms with Gasteiger partial charge in [-0.15, -0.1) is 5.11 Å². The molecule has 78 valence electrons. The normalized spacial score (nSPS) is 18.3. The molecule has 0 aromatic heterocycles. The minimum Gasteiger partial charge on any atom is -0.265 e. The number of rotatable bonds is 0. The van der Waals surface area contributed by atoms with Crippen LogP contribution in [0.5, 0.6) is 0 Å². The number of hydrogen-bond donors (Lipinski definition) is 0. The predicted octanol–water partition coefficient (Wildman–Crippen LogP) is 3.33. The third-order valence-corrected chi connectivity index (χ3v) is 2.15. The molecule has 0 aromatic carbocycles. The van der Waals surface area contributed by atoms with Crippen LogP contribution in [-0.2, 0) is 4.79 Å². The van der Waals surface area contributed by atoms with Crippen molar-refractivity contribution in [3.63, 3.8) is 0 Å². The van der Waals surface area contributed by atoms with Crippen LogP contribution in [0, 0.1) is 10.8 Å². The highest BCUT2D eigenvalue weighted by molar-refractivity contribution is 5.97. The molecule has 1 heterocycles. The summed E-state index contributed by atoms with van der Waals surface area (Å²) in [7, 11) is 0. The molecule has 0 aromatic rings. The van der Waals surface area contributed by atoms with Gasteiger partial charge in [-0.1, -0.05) is 41.5 Å². The first-order valence-electron chi connectivity index (χ1n) is 4.85. The first-order valence-corrected chi connectivity index (χ1v) is 4.85. The molecular formula is C11H18N2O. The summed E-state index contributed by atoms with van der Waals surface area (Å²) < 4.78 is 0.